The van der Waals surface area contributed by atoms with Gasteiger partial charge in [-0.2, -0.15) is 12.1 Å². The first-order valence-corrected chi connectivity index (χ1v) is 25.5. The molecule has 1 aliphatic heterocycles. The first-order chi connectivity index (χ1) is 42.2. The van der Waals surface area contributed by atoms with Gasteiger partial charge in [0, 0.05) is 5.52 Å². The molecule has 0 bridgehead atoms. The number of para-hydroxylation sites is 4. The fraction of sp³-hybridized carbons (Fsp3) is 0.104. The summed E-state index contributed by atoms with van der Waals surface area (Å²) in [6, 6.07) is 57.2. The molecule has 75 heavy (non-hydrogen) atoms. The van der Waals surface area contributed by atoms with Gasteiger partial charge in [-0.1, -0.05) is 48.5 Å². The Morgan fingerprint density at radius 2 is 1.35 bits per heavy atom. The topological polar surface area (TPSA) is 40.1 Å². The molecule has 0 aliphatic carbocycles. The SMILES string of the molecule is [2H]c1c([2H])c([2H])c(-c2cccc(-c3cccc(C(C)(C)C)c3)c2-n2[c](=[Pt])n(-c3[c-]c(Oc4cc(C([2H])([2H])[2H])cc(N5B(c6ccccc6)n6c7ccccc7c7cc[c-]c5c76)n4)cc(-c4c(C([2H])([2H])[2H])cccc4C([2H])([2H])[2H])c3)c3ccccc32)c([2H])c1[2H]. The third kappa shape index (κ3) is 7.92. The Hall–Kier alpha value is -8.25. The van der Waals surface area contributed by atoms with Crippen molar-refractivity contribution in [2.45, 2.75) is 46.7 Å². The zero-order valence-electron chi connectivity index (χ0n) is 54.8. The number of hydrogen-bond acceptors (Lipinski definition) is 3. The normalized spacial score (nSPS) is 15.6. The quantitative estimate of drug-likeness (QED) is 0.107. The van der Waals surface area contributed by atoms with Gasteiger partial charge in [0.15, 0.2) is 0 Å². The summed E-state index contributed by atoms with van der Waals surface area (Å²) in [6.45, 7) is -2.63. The van der Waals surface area contributed by atoms with Crippen LogP contribution in [0.1, 0.15) is 62.2 Å². The van der Waals surface area contributed by atoms with Crippen LogP contribution in [-0.4, -0.2) is 25.6 Å². The molecule has 9 aromatic carbocycles. The number of aryl methyl sites for hydroxylation is 3. The Morgan fingerprint density at radius 1 is 0.640 bits per heavy atom. The van der Waals surface area contributed by atoms with Gasteiger partial charge >= 0.3 is 388 Å². The van der Waals surface area contributed by atoms with Gasteiger partial charge in [0.05, 0.1) is 0 Å². The zero-order valence-corrected chi connectivity index (χ0v) is 43.1. The second kappa shape index (κ2) is 18.3. The second-order valence-corrected chi connectivity index (χ2v) is 20.6. The average Bonchev–Trinajstić information content (AvgIpc) is 1.57. The molecule has 1 aliphatic rings. The molecule has 0 saturated heterocycles. The summed E-state index contributed by atoms with van der Waals surface area (Å²) in [7, 11) is 0. The predicted molar refractivity (Wildman–Crippen MR) is 306 cm³/mol. The maximum absolute atomic E-state index is 9.33. The van der Waals surface area contributed by atoms with Crippen molar-refractivity contribution >= 4 is 56.8 Å². The van der Waals surface area contributed by atoms with Crippen molar-refractivity contribution in [1.29, 1.82) is 0 Å². The van der Waals surface area contributed by atoms with E-state index in [0.717, 1.165) is 38.4 Å². The van der Waals surface area contributed by atoms with Gasteiger partial charge in [-0.05, 0) is 11.5 Å². The zero-order chi connectivity index (χ0) is 63.0. The first kappa shape index (κ1) is 33.5. The molecule has 0 N–H and O–H groups in total. The number of benzene rings is 9. The molecule has 13 rings (SSSR count). The van der Waals surface area contributed by atoms with Gasteiger partial charge < -0.3 is 0 Å². The molecule has 0 amide bonds. The van der Waals surface area contributed by atoms with Crippen LogP contribution in [0.4, 0.5) is 11.5 Å². The monoisotopic (exact) mass is 1160 g/mol. The molecule has 0 fully saturated rings. The number of pyridine rings is 1. The molecule has 4 heterocycles. The van der Waals surface area contributed by atoms with E-state index in [0.29, 0.717) is 37.3 Å². The van der Waals surface area contributed by atoms with E-state index >= 15 is 0 Å². The number of hydrogen-bond donors (Lipinski definition) is 0. The summed E-state index contributed by atoms with van der Waals surface area (Å²) in [5, 5.41) is 1.99. The van der Waals surface area contributed by atoms with E-state index in [9.17, 15) is 2.74 Å². The molecule has 0 radical (unpaired) electrons. The number of ether oxygens (including phenoxy) is 1. The minimum atomic E-state index is -2.83. The van der Waals surface area contributed by atoms with E-state index in [1.807, 2.05) is 123 Å². The van der Waals surface area contributed by atoms with Crippen molar-refractivity contribution in [3.05, 3.63) is 244 Å². The molecule has 366 valence electrons. The minimum absolute atomic E-state index is 0.0328. The number of nitrogens with zero attached hydrogens (tertiary/aromatic N) is 5. The summed E-state index contributed by atoms with van der Waals surface area (Å²) < 4.78 is 138. The van der Waals surface area contributed by atoms with Gasteiger partial charge in [0.25, 0.3) is 0 Å². The summed E-state index contributed by atoms with van der Waals surface area (Å²) in [5.74, 6) is -0.0610. The van der Waals surface area contributed by atoms with Crippen LogP contribution < -0.4 is 15.0 Å². The number of fused-ring (bicyclic) bond motifs is 4. The van der Waals surface area contributed by atoms with Gasteiger partial charge in [0.2, 0.25) is 0 Å². The Labute approximate surface area is 469 Å². The molecule has 0 spiro atoms. The molecule has 0 atom stereocenters. The van der Waals surface area contributed by atoms with Crippen molar-refractivity contribution in [3.8, 4) is 56.4 Å². The number of imidazole rings is 1. The van der Waals surface area contributed by atoms with E-state index in [-0.39, 0.29) is 61.9 Å². The summed E-state index contributed by atoms with van der Waals surface area (Å²) in [5.41, 5.74) is 6.97. The fourth-order valence-corrected chi connectivity index (χ4v) is 11.7. The summed E-state index contributed by atoms with van der Waals surface area (Å²) in [4.78, 5) is 7.07. The van der Waals surface area contributed by atoms with E-state index in [1.54, 1.807) is 18.2 Å². The number of rotatable bonds is 9. The summed E-state index contributed by atoms with van der Waals surface area (Å²) in [6.07, 6.45) is 0. The van der Waals surface area contributed by atoms with Gasteiger partial charge in [-0.15, -0.1) is 5.39 Å². The van der Waals surface area contributed by atoms with E-state index in [4.69, 9.17) is 26.2 Å². The molecule has 12 aromatic rings. The van der Waals surface area contributed by atoms with Crippen LogP contribution in [0.5, 0.6) is 11.6 Å². The van der Waals surface area contributed by atoms with Gasteiger partial charge in [-0.3, -0.25) is 0 Å². The Bertz CT molecular complexity index is 4890. The van der Waals surface area contributed by atoms with Crippen molar-refractivity contribution in [2.75, 3.05) is 4.81 Å². The van der Waals surface area contributed by atoms with Crippen LogP contribution in [0, 0.1) is 36.5 Å². The number of aromatic nitrogens is 4. The summed E-state index contributed by atoms with van der Waals surface area (Å²) >= 11 is 2.16. The average molecular weight is 1160 g/mol. The molecule has 6 nitrogen and oxygen atoms in total. The molecule has 0 unspecified atom stereocenters. The van der Waals surface area contributed by atoms with Crippen LogP contribution in [-0.2, 0) is 24.8 Å². The Balaban J connectivity index is 1.08. The van der Waals surface area contributed by atoms with Crippen LogP contribution in [0.2, 0.25) is 0 Å². The van der Waals surface area contributed by atoms with E-state index in [2.05, 4.69) is 68.9 Å². The Kier molecular flexibility index (Phi) is 8.18. The standard InChI is InChI=1S/C67H52BN5O.Pt/c1-44-37-62(72-61-36-20-32-57-56-29-13-14-33-58(56)73(66(57)61)68(72)51-27-11-8-12-28-51)69-63(38-44)74-53-41-49(64-45(2)21-17-22-46(64)3)40-52(42-53)70-43-71(60-35-16-15-34-59(60)70)65-54(47-23-9-7-10-24-47)30-19-31-55(65)48-25-18-26-50(39-48)67(4,5)6;/h7-35,37-41H,1-6H3;/q-2;/i1D3,2D3,3D3,7D,9D,10D,23D,24D;. The van der Waals surface area contributed by atoms with Crippen molar-refractivity contribution in [2.24, 2.45) is 0 Å². The Morgan fingerprint density at radius 3 is 2.11 bits per heavy atom. The molecule has 3 aromatic heterocycles. The molecule has 8 heteroatoms. The van der Waals surface area contributed by atoms with Crippen LogP contribution in [0.25, 0.3) is 77.6 Å². The van der Waals surface area contributed by atoms with Crippen molar-refractivity contribution in [3.63, 3.8) is 0 Å². The third-order valence-electron chi connectivity index (χ3n) is 13.9. The fourth-order valence-electron chi connectivity index (χ4n) is 10.6. The van der Waals surface area contributed by atoms with Crippen molar-refractivity contribution < 1.29 is 43.3 Å². The predicted octanol–water partition coefficient (Wildman–Crippen LogP) is 16.0. The van der Waals surface area contributed by atoms with Crippen LogP contribution in [0.15, 0.2) is 206 Å². The maximum atomic E-state index is 9.33. The number of anilines is 2. The van der Waals surface area contributed by atoms with Crippen molar-refractivity contribution in [1.82, 2.24) is 18.6 Å². The molecular formula is C67H52BN5OPt-2. The van der Waals surface area contributed by atoms with E-state index < -0.39 is 57.8 Å². The van der Waals surface area contributed by atoms with Gasteiger partial charge in [0.1, 0.15) is 0 Å². The molecular weight excluding hydrogens is 1100 g/mol. The first-order valence-electron chi connectivity index (χ1n) is 31.4. The van der Waals surface area contributed by atoms with Crippen LogP contribution in [0.3, 0.4) is 0 Å². The van der Waals surface area contributed by atoms with Crippen LogP contribution >= 0.6 is 0 Å². The molecule has 0 saturated carbocycles. The second-order valence-electron chi connectivity index (χ2n) is 19.6. The van der Waals surface area contributed by atoms with E-state index in [1.165, 1.54) is 36.4 Å². The van der Waals surface area contributed by atoms with Gasteiger partial charge in [-0.25, -0.2) is 0 Å². The third-order valence-corrected chi connectivity index (χ3v) is 14.9.